The molecule has 0 saturated carbocycles. The predicted molar refractivity (Wildman–Crippen MR) is 82.9 cm³/mol. The van der Waals surface area contributed by atoms with Gasteiger partial charge >= 0.3 is 0 Å². The van der Waals surface area contributed by atoms with Gasteiger partial charge in [0.05, 0.1) is 11.4 Å². The van der Waals surface area contributed by atoms with Crippen LogP contribution in [0, 0.1) is 19.8 Å². The highest BCUT2D eigenvalue weighted by Crippen LogP contribution is 2.24. The molecule has 0 bridgehead atoms. The van der Waals surface area contributed by atoms with Gasteiger partial charge in [0.25, 0.3) is 0 Å². The van der Waals surface area contributed by atoms with Crippen LogP contribution in [0.3, 0.4) is 0 Å². The smallest absolute Gasteiger partial charge is 0.244 e. The average molecular weight is 314 g/mol. The number of likely N-dealkylation sites (N-methyl/N-ethyl adjacent to an activating group) is 1. The average Bonchev–Trinajstić information content (AvgIpc) is 2.79. The molecule has 120 valence electrons. The van der Waals surface area contributed by atoms with Gasteiger partial charge < -0.3 is 4.90 Å². The van der Waals surface area contributed by atoms with E-state index in [1.807, 2.05) is 27.8 Å². The van der Waals surface area contributed by atoms with Crippen molar-refractivity contribution in [3.8, 4) is 0 Å². The van der Waals surface area contributed by atoms with Crippen molar-refractivity contribution in [2.45, 2.75) is 51.6 Å². The van der Waals surface area contributed by atoms with Gasteiger partial charge in [-0.25, -0.2) is 13.1 Å². The maximum atomic E-state index is 12.7. The molecule has 2 rings (SSSR count). The molecular weight excluding hydrogens is 288 g/mol. The summed E-state index contributed by atoms with van der Waals surface area (Å²) in [4.78, 5) is 2.48. The van der Waals surface area contributed by atoms with Crippen LogP contribution in [-0.4, -0.2) is 49.3 Å². The first-order chi connectivity index (χ1) is 9.63. The molecule has 0 spiro atoms. The zero-order valence-electron chi connectivity index (χ0n) is 13.7. The highest BCUT2D eigenvalue weighted by Gasteiger charge is 2.33. The summed E-state index contributed by atoms with van der Waals surface area (Å²) in [7, 11) is -1.52. The Labute approximate surface area is 127 Å². The van der Waals surface area contributed by atoms with Crippen LogP contribution >= 0.6 is 0 Å². The topological polar surface area (TPSA) is 67.2 Å². The lowest BCUT2D eigenvalue weighted by Crippen LogP contribution is -2.39. The number of nitrogens with zero attached hydrogens (tertiary/aromatic N) is 3. The molecule has 21 heavy (non-hydrogen) atoms. The van der Waals surface area contributed by atoms with E-state index in [-0.39, 0.29) is 12.1 Å². The second-order valence-corrected chi connectivity index (χ2v) is 8.12. The molecule has 0 unspecified atom stereocenters. The molecule has 1 aliphatic heterocycles. The molecule has 7 heteroatoms. The number of likely N-dealkylation sites (tertiary alicyclic amines) is 1. The van der Waals surface area contributed by atoms with Crippen LogP contribution in [0.5, 0.6) is 0 Å². The number of hydrogen-bond donors (Lipinski definition) is 1. The maximum absolute atomic E-state index is 12.7. The standard InChI is InChI=1S/C14H26N4O2S/c1-9(2)18-12(5)14(11(4)15-18)21(19,20)16-13-8-17(6)7-10(13)3/h9-10,13,16H,7-8H2,1-6H3/t10-,13+/m0/s1. The lowest BCUT2D eigenvalue weighted by Gasteiger charge is -2.17. The van der Waals surface area contributed by atoms with Crippen molar-refractivity contribution in [2.24, 2.45) is 5.92 Å². The van der Waals surface area contributed by atoms with Gasteiger partial charge in [0, 0.05) is 25.2 Å². The Morgan fingerprint density at radius 1 is 1.29 bits per heavy atom. The van der Waals surface area contributed by atoms with Crippen LogP contribution in [0.15, 0.2) is 4.90 Å². The van der Waals surface area contributed by atoms with Gasteiger partial charge in [-0.05, 0) is 40.7 Å². The Morgan fingerprint density at radius 3 is 2.33 bits per heavy atom. The van der Waals surface area contributed by atoms with Gasteiger partial charge in [-0.1, -0.05) is 6.92 Å². The van der Waals surface area contributed by atoms with E-state index in [0.29, 0.717) is 22.2 Å². The van der Waals surface area contributed by atoms with Crippen molar-refractivity contribution >= 4 is 10.0 Å². The Hall–Kier alpha value is -0.920. The lowest BCUT2D eigenvalue weighted by molar-refractivity contribution is 0.400. The number of nitrogens with one attached hydrogen (secondary N) is 1. The molecule has 1 fully saturated rings. The molecule has 1 aromatic rings. The second kappa shape index (κ2) is 5.70. The maximum Gasteiger partial charge on any atom is 0.244 e. The highest BCUT2D eigenvalue weighted by atomic mass is 32.2. The quantitative estimate of drug-likeness (QED) is 0.910. The monoisotopic (exact) mass is 314 g/mol. The Bertz CT molecular complexity index is 621. The van der Waals surface area contributed by atoms with Crippen molar-refractivity contribution in [3.63, 3.8) is 0 Å². The molecule has 1 saturated heterocycles. The summed E-state index contributed by atoms with van der Waals surface area (Å²) >= 11 is 0. The molecule has 0 aromatic carbocycles. The van der Waals surface area contributed by atoms with E-state index in [2.05, 4.69) is 21.6 Å². The van der Waals surface area contributed by atoms with Gasteiger partial charge in [0.2, 0.25) is 10.0 Å². The SMILES string of the molecule is Cc1nn(C(C)C)c(C)c1S(=O)(=O)N[C@@H]1CN(C)C[C@@H]1C. The van der Waals surface area contributed by atoms with Crippen molar-refractivity contribution < 1.29 is 8.42 Å². The molecular formula is C14H26N4O2S. The van der Waals surface area contributed by atoms with Crippen LogP contribution in [0.25, 0.3) is 0 Å². The summed E-state index contributed by atoms with van der Waals surface area (Å²) in [5.41, 5.74) is 1.27. The largest absolute Gasteiger partial charge is 0.304 e. The summed E-state index contributed by atoms with van der Waals surface area (Å²) in [6, 6.07) is 0.102. The van der Waals surface area contributed by atoms with Crippen LogP contribution < -0.4 is 4.72 Å². The van der Waals surface area contributed by atoms with Gasteiger partial charge in [-0.3, -0.25) is 4.68 Å². The Balaban J connectivity index is 2.32. The fourth-order valence-corrected chi connectivity index (χ4v) is 4.90. The third kappa shape index (κ3) is 3.14. The first-order valence-electron chi connectivity index (χ1n) is 7.40. The molecule has 1 aromatic heterocycles. The summed E-state index contributed by atoms with van der Waals surface area (Å²) in [5, 5.41) is 4.37. The van der Waals surface area contributed by atoms with Crippen molar-refractivity contribution in [1.29, 1.82) is 0 Å². The molecule has 2 heterocycles. The second-order valence-electron chi connectivity index (χ2n) is 6.46. The fraction of sp³-hybridized carbons (Fsp3) is 0.786. The van der Waals surface area contributed by atoms with E-state index in [1.165, 1.54) is 0 Å². The molecule has 1 aliphatic rings. The van der Waals surface area contributed by atoms with Crippen LogP contribution in [0.1, 0.15) is 38.2 Å². The van der Waals surface area contributed by atoms with E-state index >= 15 is 0 Å². The lowest BCUT2D eigenvalue weighted by atomic mass is 10.1. The van der Waals surface area contributed by atoms with E-state index in [0.717, 1.165) is 13.1 Å². The van der Waals surface area contributed by atoms with Crippen LogP contribution in [0.4, 0.5) is 0 Å². The van der Waals surface area contributed by atoms with E-state index < -0.39 is 10.0 Å². The van der Waals surface area contributed by atoms with Crippen LogP contribution in [0.2, 0.25) is 0 Å². The first kappa shape index (κ1) is 16.5. The number of hydrogen-bond acceptors (Lipinski definition) is 4. The van der Waals surface area contributed by atoms with Crippen molar-refractivity contribution in [2.75, 3.05) is 20.1 Å². The Kier molecular flexibility index (Phi) is 4.46. The van der Waals surface area contributed by atoms with Crippen molar-refractivity contribution in [3.05, 3.63) is 11.4 Å². The summed E-state index contributed by atoms with van der Waals surface area (Å²) in [6.07, 6.45) is 0. The van der Waals surface area contributed by atoms with Crippen molar-refractivity contribution in [1.82, 2.24) is 19.4 Å². The number of rotatable bonds is 4. The number of sulfonamides is 1. The van der Waals surface area contributed by atoms with E-state index in [1.54, 1.807) is 11.6 Å². The zero-order chi connectivity index (χ0) is 15.9. The van der Waals surface area contributed by atoms with Gasteiger partial charge in [-0.2, -0.15) is 5.10 Å². The minimum Gasteiger partial charge on any atom is -0.304 e. The van der Waals surface area contributed by atoms with E-state index in [9.17, 15) is 8.42 Å². The molecule has 6 nitrogen and oxygen atoms in total. The number of aryl methyl sites for hydroxylation is 1. The highest BCUT2D eigenvalue weighted by molar-refractivity contribution is 7.89. The zero-order valence-corrected chi connectivity index (χ0v) is 14.5. The normalized spacial score (nSPS) is 24.1. The third-order valence-corrected chi connectivity index (χ3v) is 5.86. The fourth-order valence-electron chi connectivity index (χ4n) is 3.16. The summed E-state index contributed by atoms with van der Waals surface area (Å²) in [6.45, 7) is 11.3. The van der Waals surface area contributed by atoms with E-state index in [4.69, 9.17) is 0 Å². The summed E-state index contributed by atoms with van der Waals surface area (Å²) < 4.78 is 30.1. The Morgan fingerprint density at radius 2 is 1.90 bits per heavy atom. The van der Waals surface area contributed by atoms with Crippen LogP contribution in [-0.2, 0) is 10.0 Å². The minimum atomic E-state index is -3.53. The van der Waals surface area contributed by atoms with Gasteiger partial charge in [0.15, 0.2) is 0 Å². The van der Waals surface area contributed by atoms with Gasteiger partial charge in [-0.15, -0.1) is 0 Å². The first-order valence-corrected chi connectivity index (χ1v) is 8.88. The molecule has 1 N–H and O–H groups in total. The third-order valence-electron chi connectivity index (χ3n) is 4.12. The molecule has 0 radical (unpaired) electrons. The molecule has 0 aliphatic carbocycles. The predicted octanol–water partition coefficient (Wildman–Crippen LogP) is 1.31. The molecule has 2 atom stereocenters. The summed E-state index contributed by atoms with van der Waals surface area (Å²) in [5.74, 6) is 0.311. The van der Waals surface area contributed by atoms with Gasteiger partial charge in [0.1, 0.15) is 4.90 Å². The minimum absolute atomic E-state index is 0.0406. The number of aromatic nitrogens is 2. The molecule has 0 amide bonds.